The molecule has 0 saturated carbocycles. The Morgan fingerprint density at radius 1 is 1.23 bits per heavy atom. The molecule has 4 heteroatoms. The third kappa shape index (κ3) is 3.34. The molecule has 4 nitrogen and oxygen atoms in total. The summed E-state index contributed by atoms with van der Waals surface area (Å²) in [5.74, 6) is -0.708. The normalized spacial score (nSPS) is 19.0. The standard InChI is InChI=1S/C18H20N2O2/c21-18(22)17-9-2-4-11-20(17)13-14-6-5-7-15(12-14)16-8-1-3-10-19-16/h1,3,5-8,10,12,17H,2,4,9,11,13H2,(H,21,22). The summed E-state index contributed by atoms with van der Waals surface area (Å²) >= 11 is 0. The van der Waals surface area contributed by atoms with E-state index in [1.807, 2.05) is 30.3 Å². The lowest BCUT2D eigenvalue weighted by atomic mass is 10.0. The number of likely N-dealkylation sites (tertiary alicyclic amines) is 1. The van der Waals surface area contributed by atoms with Gasteiger partial charge in [0, 0.05) is 18.3 Å². The van der Waals surface area contributed by atoms with Crippen LogP contribution in [0.25, 0.3) is 11.3 Å². The van der Waals surface area contributed by atoms with Gasteiger partial charge in [-0.05, 0) is 43.1 Å². The molecule has 0 aliphatic carbocycles. The van der Waals surface area contributed by atoms with Crippen molar-refractivity contribution in [2.24, 2.45) is 0 Å². The minimum Gasteiger partial charge on any atom is -0.480 e. The van der Waals surface area contributed by atoms with Crippen molar-refractivity contribution in [2.45, 2.75) is 31.8 Å². The van der Waals surface area contributed by atoms with Gasteiger partial charge in [0.05, 0.1) is 5.69 Å². The van der Waals surface area contributed by atoms with E-state index in [-0.39, 0.29) is 6.04 Å². The van der Waals surface area contributed by atoms with Crippen LogP contribution < -0.4 is 0 Å². The van der Waals surface area contributed by atoms with Gasteiger partial charge < -0.3 is 5.11 Å². The molecule has 0 bridgehead atoms. The Labute approximate surface area is 130 Å². The van der Waals surface area contributed by atoms with Gasteiger partial charge >= 0.3 is 5.97 Å². The smallest absolute Gasteiger partial charge is 0.320 e. The van der Waals surface area contributed by atoms with E-state index in [0.29, 0.717) is 6.54 Å². The first kappa shape index (κ1) is 14.7. The SMILES string of the molecule is O=C(O)C1CCCCN1Cc1cccc(-c2ccccn2)c1. The lowest BCUT2D eigenvalue weighted by molar-refractivity contribution is -0.144. The third-order valence-corrected chi connectivity index (χ3v) is 4.17. The number of hydrogen-bond acceptors (Lipinski definition) is 3. The summed E-state index contributed by atoms with van der Waals surface area (Å²) in [6.45, 7) is 1.53. The fourth-order valence-electron chi connectivity index (χ4n) is 3.06. The van der Waals surface area contributed by atoms with Crippen LogP contribution in [0, 0.1) is 0 Å². The number of pyridine rings is 1. The van der Waals surface area contributed by atoms with Crippen LogP contribution in [0.2, 0.25) is 0 Å². The van der Waals surface area contributed by atoms with Crippen molar-refractivity contribution in [1.29, 1.82) is 0 Å². The van der Waals surface area contributed by atoms with Crippen molar-refractivity contribution in [3.8, 4) is 11.3 Å². The maximum absolute atomic E-state index is 11.4. The molecule has 0 radical (unpaired) electrons. The van der Waals surface area contributed by atoms with E-state index in [0.717, 1.165) is 42.6 Å². The number of carboxylic acid groups (broad SMARTS) is 1. The van der Waals surface area contributed by atoms with Crippen LogP contribution in [0.15, 0.2) is 48.7 Å². The molecule has 1 aromatic carbocycles. The van der Waals surface area contributed by atoms with Crippen molar-refractivity contribution in [2.75, 3.05) is 6.54 Å². The average Bonchev–Trinajstić information content (AvgIpc) is 2.56. The molecule has 0 spiro atoms. The topological polar surface area (TPSA) is 53.4 Å². The van der Waals surface area contributed by atoms with Crippen molar-refractivity contribution in [3.63, 3.8) is 0 Å². The van der Waals surface area contributed by atoms with Gasteiger partial charge in [-0.1, -0.05) is 30.7 Å². The molecule has 1 aliphatic rings. The Bertz CT molecular complexity index is 643. The number of aliphatic carboxylic acids is 1. The minimum atomic E-state index is -0.708. The molecule has 1 saturated heterocycles. The predicted octanol–water partition coefficient (Wildman–Crippen LogP) is 3.19. The zero-order chi connectivity index (χ0) is 15.4. The van der Waals surface area contributed by atoms with Gasteiger partial charge in [-0.3, -0.25) is 14.7 Å². The molecular formula is C18H20N2O2. The number of hydrogen-bond donors (Lipinski definition) is 1. The molecule has 3 rings (SSSR count). The highest BCUT2D eigenvalue weighted by Crippen LogP contribution is 2.22. The first-order chi connectivity index (χ1) is 10.7. The zero-order valence-electron chi connectivity index (χ0n) is 12.5. The van der Waals surface area contributed by atoms with Crippen LogP contribution in [0.5, 0.6) is 0 Å². The van der Waals surface area contributed by atoms with Gasteiger partial charge in [-0.25, -0.2) is 0 Å². The second kappa shape index (κ2) is 6.71. The molecule has 114 valence electrons. The fraction of sp³-hybridized carbons (Fsp3) is 0.333. The van der Waals surface area contributed by atoms with Crippen molar-refractivity contribution < 1.29 is 9.90 Å². The van der Waals surface area contributed by atoms with Crippen LogP contribution in [0.3, 0.4) is 0 Å². The van der Waals surface area contributed by atoms with Crippen molar-refractivity contribution in [3.05, 3.63) is 54.2 Å². The lowest BCUT2D eigenvalue weighted by Gasteiger charge is -2.32. The summed E-state index contributed by atoms with van der Waals surface area (Å²) in [4.78, 5) is 17.8. The van der Waals surface area contributed by atoms with E-state index in [1.165, 1.54) is 0 Å². The lowest BCUT2D eigenvalue weighted by Crippen LogP contribution is -2.43. The second-order valence-corrected chi connectivity index (χ2v) is 5.74. The first-order valence-corrected chi connectivity index (χ1v) is 7.71. The van der Waals surface area contributed by atoms with Crippen LogP contribution in [-0.4, -0.2) is 33.5 Å². The van der Waals surface area contributed by atoms with E-state index in [9.17, 15) is 9.90 Å². The quantitative estimate of drug-likeness (QED) is 0.941. The molecular weight excluding hydrogens is 276 g/mol. The average molecular weight is 296 g/mol. The Kier molecular flexibility index (Phi) is 4.49. The molecule has 1 atom stereocenters. The van der Waals surface area contributed by atoms with E-state index < -0.39 is 5.97 Å². The largest absolute Gasteiger partial charge is 0.480 e. The second-order valence-electron chi connectivity index (χ2n) is 5.74. The summed E-state index contributed by atoms with van der Waals surface area (Å²) in [5.41, 5.74) is 3.15. The number of piperidine rings is 1. The van der Waals surface area contributed by atoms with Crippen LogP contribution in [0.4, 0.5) is 0 Å². The molecule has 1 unspecified atom stereocenters. The molecule has 1 aromatic heterocycles. The summed E-state index contributed by atoms with van der Waals surface area (Å²) in [5, 5.41) is 9.37. The number of aromatic nitrogens is 1. The summed E-state index contributed by atoms with van der Waals surface area (Å²) in [6.07, 6.45) is 4.60. The third-order valence-electron chi connectivity index (χ3n) is 4.17. The van der Waals surface area contributed by atoms with Crippen LogP contribution in [-0.2, 0) is 11.3 Å². The van der Waals surface area contributed by atoms with Gasteiger partial charge in [0.2, 0.25) is 0 Å². The highest BCUT2D eigenvalue weighted by Gasteiger charge is 2.28. The Morgan fingerprint density at radius 3 is 2.91 bits per heavy atom. The van der Waals surface area contributed by atoms with Crippen molar-refractivity contribution in [1.82, 2.24) is 9.88 Å². The molecule has 2 heterocycles. The molecule has 1 N–H and O–H groups in total. The van der Waals surface area contributed by atoms with E-state index >= 15 is 0 Å². The predicted molar refractivity (Wildman–Crippen MR) is 85.4 cm³/mol. The van der Waals surface area contributed by atoms with Crippen molar-refractivity contribution >= 4 is 5.97 Å². The van der Waals surface area contributed by atoms with Crippen LogP contribution in [0.1, 0.15) is 24.8 Å². The number of nitrogens with zero attached hydrogens (tertiary/aromatic N) is 2. The summed E-state index contributed by atoms with van der Waals surface area (Å²) in [7, 11) is 0. The number of benzene rings is 1. The Balaban J connectivity index is 1.79. The van der Waals surface area contributed by atoms with E-state index in [4.69, 9.17) is 0 Å². The number of carboxylic acids is 1. The minimum absolute atomic E-state index is 0.354. The fourth-order valence-corrected chi connectivity index (χ4v) is 3.06. The highest BCUT2D eigenvalue weighted by atomic mass is 16.4. The maximum Gasteiger partial charge on any atom is 0.320 e. The number of rotatable bonds is 4. The van der Waals surface area contributed by atoms with Gasteiger partial charge in [0.15, 0.2) is 0 Å². The molecule has 0 amide bonds. The van der Waals surface area contributed by atoms with Gasteiger partial charge in [0.1, 0.15) is 6.04 Å². The monoisotopic (exact) mass is 296 g/mol. The van der Waals surface area contributed by atoms with Gasteiger partial charge in [-0.2, -0.15) is 0 Å². The first-order valence-electron chi connectivity index (χ1n) is 7.71. The van der Waals surface area contributed by atoms with Gasteiger partial charge in [0.25, 0.3) is 0 Å². The van der Waals surface area contributed by atoms with E-state index in [1.54, 1.807) is 6.20 Å². The Hall–Kier alpha value is -2.20. The maximum atomic E-state index is 11.4. The Morgan fingerprint density at radius 2 is 2.14 bits per heavy atom. The summed E-state index contributed by atoms with van der Waals surface area (Å²) in [6, 6.07) is 13.7. The molecule has 2 aromatic rings. The van der Waals surface area contributed by atoms with Gasteiger partial charge in [-0.15, -0.1) is 0 Å². The molecule has 1 aliphatic heterocycles. The number of carbonyl (C=O) groups is 1. The van der Waals surface area contributed by atoms with Crippen LogP contribution >= 0.6 is 0 Å². The summed E-state index contributed by atoms with van der Waals surface area (Å²) < 4.78 is 0. The molecule has 22 heavy (non-hydrogen) atoms. The van der Waals surface area contributed by atoms with E-state index in [2.05, 4.69) is 22.0 Å². The highest BCUT2D eigenvalue weighted by molar-refractivity contribution is 5.73. The zero-order valence-corrected chi connectivity index (χ0v) is 12.5. The molecule has 1 fully saturated rings.